The Morgan fingerprint density at radius 1 is 1.12 bits per heavy atom. The largest absolute Gasteiger partial charge is 0.463 e. The van der Waals surface area contributed by atoms with Crippen LogP contribution in [0.15, 0.2) is 23.2 Å². The first kappa shape index (κ1) is 22.2. The fourth-order valence-corrected chi connectivity index (χ4v) is 5.83. The number of fused-ring (bicyclic) bond motifs is 3. The smallest absolute Gasteiger partial charge is 0.451 e. The number of halogens is 3. The van der Waals surface area contributed by atoms with Gasteiger partial charge in [0.1, 0.15) is 5.60 Å². The first-order valence-electron chi connectivity index (χ1n) is 11.7. The summed E-state index contributed by atoms with van der Waals surface area (Å²) in [5.74, 6) is -1.06. The lowest BCUT2D eigenvalue weighted by Gasteiger charge is -2.38. The summed E-state index contributed by atoms with van der Waals surface area (Å²) in [6, 6.07) is 6.46. The van der Waals surface area contributed by atoms with Crippen molar-refractivity contribution in [2.75, 3.05) is 5.73 Å². The number of benzene rings is 1. The quantitative estimate of drug-likeness (QED) is 0.585. The summed E-state index contributed by atoms with van der Waals surface area (Å²) < 4.78 is 45.3. The highest BCUT2D eigenvalue weighted by atomic mass is 19.4. The number of aryl methyl sites for hydroxylation is 1. The Morgan fingerprint density at radius 3 is 2.52 bits per heavy atom. The topological polar surface area (TPSA) is 73.4 Å². The predicted molar refractivity (Wildman–Crippen MR) is 121 cm³/mol. The average Bonchev–Trinajstić information content (AvgIpc) is 3.10. The van der Waals surface area contributed by atoms with Gasteiger partial charge >= 0.3 is 6.18 Å². The van der Waals surface area contributed by atoms with E-state index in [0.717, 1.165) is 17.9 Å². The molecule has 3 aliphatic rings. The summed E-state index contributed by atoms with van der Waals surface area (Å²) in [5.41, 5.74) is 9.50. The van der Waals surface area contributed by atoms with Gasteiger partial charge in [0.25, 0.3) is 0 Å². The first-order chi connectivity index (χ1) is 15.5. The number of nitrogen functional groups attached to an aromatic ring is 1. The van der Waals surface area contributed by atoms with Crippen molar-refractivity contribution in [3.05, 3.63) is 40.7 Å². The fourth-order valence-electron chi connectivity index (χ4n) is 5.83. The molecule has 176 valence electrons. The van der Waals surface area contributed by atoms with E-state index < -0.39 is 17.6 Å². The maximum absolute atomic E-state index is 13.1. The number of alkyl halides is 3. The van der Waals surface area contributed by atoms with Crippen molar-refractivity contribution < 1.29 is 17.9 Å². The van der Waals surface area contributed by atoms with E-state index in [0.29, 0.717) is 11.1 Å². The molecular formula is C25H29F3N4O. The predicted octanol–water partition coefficient (Wildman–Crippen LogP) is 6.15. The number of nitrogens with zero attached hydrogens (tertiary/aromatic N) is 3. The molecule has 1 aromatic carbocycles. The van der Waals surface area contributed by atoms with Crippen molar-refractivity contribution in [2.24, 2.45) is 10.9 Å². The van der Waals surface area contributed by atoms with Crippen LogP contribution in [0.25, 0.3) is 0 Å². The van der Waals surface area contributed by atoms with Gasteiger partial charge in [0, 0.05) is 5.56 Å². The van der Waals surface area contributed by atoms with E-state index in [2.05, 4.69) is 40.1 Å². The Hall–Kier alpha value is -2.64. The Bertz CT molecular complexity index is 1130. The number of ether oxygens (including phenoxy) is 1. The van der Waals surface area contributed by atoms with Crippen molar-refractivity contribution in [1.82, 2.24) is 9.97 Å². The standard InChI is InChI=1S/C25H29F3N4O/c1-4-14-7-10-24(11-8-14)12-9-15-13-16(5-6-17(15)24)19-23(2,3)33-21-18(30-19)20(29)31-22(32-21)25(26,27)28/h5-6,13-14H,4,7-12H2,1-3H3,(H2,29,31,32). The molecule has 5 rings (SSSR count). The second kappa shape index (κ2) is 7.43. The normalized spacial score (nSPS) is 25.9. The van der Waals surface area contributed by atoms with E-state index in [1.807, 2.05) is 0 Å². The Balaban J connectivity index is 1.52. The van der Waals surface area contributed by atoms with Crippen LogP contribution in [0.2, 0.25) is 0 Å². The monoisotopic (exact) mass is 458 g/mol. The molecule has 5 nitrogen and oxygen atoms in total. The molecule has 0 bridgehead atoms. The zero-order valence-corrected chi connectivity index (χ0v) is 19.2. The molecule has 1 saturated carbocycles. The number of aromatic nitrogens is 2. The SMILES string of the molecule is CCC1CCC2(CCc3cc(C4=Nc5c(N)nc(C(F)(F)F)nc5OC4(C)C)ccc32)CC1. The van der Waals surface area contributed by atoms with Gasteiger partial charge < -0.3 is 10.5 Å². The third-order valence-corrected chi connectivity index (χ3v) is 7.74. The number of nitrogens with two attached hydrogens (primary N) is 1. The zero-order valence-electron chi connectivity index (χ0n) is 19.2. The van der Waals surface area contributed by atoms with Crippen LogP contribution in [0.5, 0.6) is 5.88 Å². The van der Waals surface area contributed by atoms with Crippen LogP contribution < -0.4 is 10.5 Å². The van der Waals surface area contributed by atoms with Gasteiger partial charge in [0.05, 0.1) is 5.71 Å². The van der Waals surface area contributed by atoms with E-state index in [-0.39, 0.29) is 17.4 Å². The minimum Gasteiger partial charge on any atom is -0.463 e. The molecule has 2 N–H and O–H groups in total. The lowest BCUT2D eigenvalue weighted by molar-refractivity contribution is -0.145. The molecule has 0 radical (unpaired) electrons. The molecule has 1 spiro atoms. The van der Waals surface area contributed by atoms with Gasteiger partial charge in [-0.05, 0) is 80.9 Å². The van der Waals surface area contributed by atoms with Crippen LogP contribution in [0, 0.1) is 5.92 Å². The number of hydrogen-bond acceptors (Lipinski definition) is 5. The van der Waals surface area contributed by atoms with Gasteiger partial charge in [-0.2, -0.15) is 18.2 Å². The van der Waals surface area contributed by atoms with Gasteiger partial charge in [0.2, 0.25) is 11.7 Å². The summed E-state index contributed by atoms with van der Waals surface area (Å²) >= 11 is 0. The molecule has 1 aromatic heterocycles. The van der Waals surface area contributed by atoms with Gasteiger partial charge in [0.15, 0.2) is 11.5 Å². The minimum absolute atomic E-state index is 0.0483. The van der Waals surface area contributed by atoms with Crippen LogP contribution in [0.3, 0.4) is 0 Å². The van der Waals surface area contributed by atoms with Crippen molar-refractivity contribution >= 4 is 17.2 Å². The lowest BCUT2D eigenvalue weighted by Crippen LogP contribution is -2.41. The maximum Gasteiger partial charge on any atom is 0.451 e. The first-order valence-corrected chi connectivity index (χ1v) is 11.7. The maximum atomic E-state index is 13.1. The van der Waals surface area contributed by atoms with E-state index in [1.54, 1.807) is 13.8 Å². The van der Waals surface area contributed by atoms with E-state index in [9.17, 15) is 13.2 Å². The fraction of sp³-hybridized carbons (Fsp3) is 0.560. The third-order valence-electron chi connectivity index (χ3n) is 7.74. The molecule has 1 fully saturated rings. The number of aliphatic imine (C=N–C) groups is 1. The highest BCUT2D eigenvalue weighted by molar-refractivity contribution is 6.09. The van der Waals surface area contributed by atoms with E-state index in [1.165, 1.54) is 49.7 Å². The van der Waals surface area contributed by atoms with Crippen LogP contribution >= 0.6 is 0 Å². The Labute approximate surface area is 191 Å². The van der Waals surface area contributed by atoms with Crippen molar-refractivity contribution in [3.8, 4) is 5.88 Å². The van der Waals surface area contributed by atoms with Crippen LogP contribution in [-0.2, 0) is 18.0 Å². The molecule has 0 atom stereocenters. The summed E-state index contributed by atoms with van der Waals surface area (Å²) in [6.45, 7) is 5.84. The molecule has 1 aliphatic heterocycles. The van der Waals surface area contributed by atoms with Crippen molar-refractivity contribution in [2.45, 2.75) is 82.9 Å². The molecule has 2 aliphatic carbocycles. The second-order valence-electron chi connectivity index (χ2n) is 10.2. The van der Waals surface area contributed by atoms with Gasteiger partial charge in [-0.3, -0.25) is 0 Å². The second-order valence-corrected chi connectivity index (χ2v) is 10.2. The zero-order chi connectivity index (χ0) is 23.6. The molecule has 2 aromatic rings. The number of hydrogen-bond donors (Lipinski definition) is 1. The molecule has 0 amide bonds. The summed E-state index contributed by atoms with van der Waals surface area (Å²) in [5, 5.41) is 0. The van der Waals surface area contributed by atoms with Crippen LogP contribution in [-0.4, -0.2) is 21.3 Å². The lowest BCUT2D eigenvalue weighted by atomic mass is 9.67. The van der Waals surface area contributed by atoms with Crippen LogP contribution in [0.4, 0.5) is 24.7 Å². The van der Waals surface area contributed by atoms with E-state index in [4.69, 9.17) is 10.5 Å². The molecule has 2 heterocycles. The van der Waals surface area contributed by atoms with Crippen molar-refractivity contribution in [3.63, 3.8) is 0 Å². The highest BCUT2D eigenvalue weighted by Gasteiger charge is 2.43. The number of rotatable bonds is 2. The Kier molecular flexibility index (Phi) is 4.99. The third kappa shape index (κ3) is 3.67. The summed E-state index contributed by atoms with van der Waals surface area (Å²) in [7, 11) is 0. The molecular weight excluding hydrogens is 429 g/mol. The summed E-state index contributed by atoms with van der Waals surface area (Å²) in [4.78, 5) is 11.6. The van der Waals surface area contributed by atoms with Gasteiger partial charge in [-0.1, -0.05) is 25.5 Å². The van der Waals surface area contributed by atoms with Gasteiger partial charge in [-0.25, -0.2) is 9.98 Å². The molecule has 8 heteroatoms. The van der Waals surface area contributed by atoms with Crippen molar-refractivity contribution in [1.29, 1.82) is 0 Å². The van der Waals surface area contributed by atoms with Crippen LogP contribution in [0.1, 0.15) is 81.8 Å². The molecule has 0 saturated heterocycles. The van der Waals surface area contributed by atoms with Gasteiger partial charge in [-0.15, -0.1) is 0 Å². The summed E-state index contributed by atoms with van der Waals surface area (Å²) in [6.07, 6.45) is 3.83. The van der Waals surface area contributed by atoms with E-state index >= 15 is 0 Å². The molecule has 33 heavy (non-hydrogen) atoms. The highest BCUT2D eigenvalue weighted by Crippen LogP contribution is 2.51. The number of anilines is 1. The average molecular weight is 459 g/mol. The minimum atomic E-state index is -4.72. The molecule has 0 unspecified atom stereocenters. The Morgan fingerprint density at radius 2 is 1.85 bits per heavy atom.